The molecule has 3 heteroatoms. The molecule has 4 atom stereocenters. The summed E-state index contributed by atoms with van der Waals surface area (Å²) < 4.78 is 0. The van der Waals surface area contributed by atoms with Gasteiger partial charge in [-0.2, -0.15) is 0 Å². The summed E-state index contributed by atoms with van der Waals surface area (Å²) in [5.41, 5.74) is 1.22. The zero-order valence-corrected chi connectivity index (χ0v) is 11.3. The van der Waals surface area contributed by atoms with Crippen molar-refractivity contribution in [3.05, 3.63) is 23.8 Å². The van der Waals surface area contributed by atoms with Crippen molar-refractivity contribution in [2.24, 2.45) is 17.3 Å². The number of hydrogen-bond donors (Lipinski definition) is 2. The minimum atomic E-state index is -0.879. The van der Waals surface area contributed by atoms with Crippen LogP contribution in [-0.4, -0.2) is 28.2 Å². The predicted octanol–water partition coefficient (Wildman–Crippen LogP) is 1.85. The second-order valence-corrected chi connectivity index (χ2v) is 6.36. The molecule has 0 aromatic carbocycles. The molecule has 4 unspecified atom stereocenters. The number of rotatable bonds is 0. The summed E-state index contributed by atoms with van der Waals surface area (Å²) in [5.74, 6) is -0.0528. The quantitative estimate of drug-likeness (QED) is 0.509. The number of allylic oxidation sites excluding steroid dienone is 2. The first-order valence-corrected chi connectivity index (χ1v) is 6.50. The van der Waals surface area contributed by atoms with E-state index in [4.69, 9.17) is 0 Å². The molecule has 0 spiro atoms. The second kappa shape index (κ2) is 4.32. The molecule has 0 heterocycles. The van der Waals surface area contributed by atoms with E-state index in [1.54, 1.807) is 13.0 Å². The molecule has 100 valence electrons. The summed E-state index contributed by atoms with van der Waals surface area (Å²) in [6, 6.07) is 0. The van der Waals surface area contributed by atoms with Gasteiger partial charge in [0.15, 0.2) is 5.78 Å². The van der Waals surface area contributed by atoms with Crippen molar-refractivity contribution in [3.8, 4) is 0 Å². The molecular weight excluding hydrogens is 228 g/mol. The first kappa shape index (κ1) is 13.5. The van der Waals surface area contributed by atoms with Crippen molar-refractivity contribution in [3.63, 3.8) is 0 Å². The highest BCUT2D eigenvalue weighted by Crippen LogP contribution is 2.56. The van der Waals surface area contributed by atoms with Gasteiger partial charge in [-0.25, -0.2) is 0 Å². The molecule has 2 aliphatic rings. The summed E-state index contributed by atoms with van der Waals surface area (Å²) in [7, 11) is 0. The van der Waals surface area contributed by atoms with Crippen LogP contribution in [-0.2, 0) is 4.79 Å². The number of aliphatic hydroxyl groups is 2. The van der Waals surface area contributed by atoms with E-state index in [0.29, 0.717) is 11.1 Å². The highest BCUT2D eigenvalue weighted by atomic mass is 16.3. The lowest BCUT2D eigenvalue weighted by Gasteiger charge is -2.54. The van der Waals surface area contributed by atoms with Crippen LogP contribution in [0.2, 0.25) is 0 Å². The highest BCUT2D eigenvalue weighted by Gasteiger charge is 2.54. The highest BCUT2D eigenvalue weighted by molar-refractivity contribution is 5.96. The molecule has 0 amide bonds. The minimum Gasteiger partial charge on any atom is -0.390 e. The third-order valence-electron chi connectivity index (χ3n) is 4.66. The van der Waals surface area contributed by atoms with Crippen LogP contribution in [0.25, 0.3) is 0 Å². The molecule has 0 aromatic rings. The number of carbonyl (C=O) groups is 1. The van der Waals surface area contributed by atoms with E-state index in [1.807, 2.05) is 0 Å². The molecule has 2 N–H and O–H groups in total. The standard InChI is InChI=1S/C15H22O3/c1-8-5-6-11(16)9(2)10-7-15(3,4)12(10)14(18)13(8)17/h5,10,12-14,17-18H,2,6-7H2,1,3-4H3. The maximum absolute atomic E-state index is 12.0. The molecule has 0 bridgehead atoms. The molecule has 0 aliphatic heterocycles. The van der Waals surface area contributed by atoms with Crippen molar-refractivity contribution >= 4 is 5.78 Å². The van der Waals surface area contributed by atoms with Crippen LogP contribution in [0, 0.1) is 17.3 Å². The van der Waals surface area contributed by atoms with E-state index >= 15 is 0 Å². The Morgan fingerprint density at radius 3 is 2.56 bits per heavy atom. The van der Waals surface area contributed by atoms with Gasteiger partial charge >= 0.3 is 0 Å². The van der Waals surface area contributed by atoms with Crippen molar-refractivity contribution in [2.45, 2.75) is 45.8 Å². The largest absolute Gasteiger partial charge is 0.390 e. The van der Waals surface area contributed by atoms with Gasteiger partial charge in [0.1, 0.15) is 6.10 Å². The number of hydrogen-bond acceptors (Lipinski definition) is 3. The van der Waals surface area contributed by atoms with Crippen LogP contribution in [0.1, 0.15) is 33.6 Å². The Morgan fingerprint density at radius 1 is 1.39 bits per heavy atom. The topological polar surface area (TPSA) is 57.5 Å². The van der Waals surface area contributed by atoms with E-state index in [0.717, 1.165) is 6.42 Å². The second-order valence-electron chi connectivity index (χ2n) is 6.36. The van der Waals surface area contributed by atoms with Crippen LogP contribution in [0.4, 0.5) is 0 Å². The third kappa shape index (κ3) is 1.95. The van der Waals surface area contributed by atoms with E-state index < -0.39 is 12.2 Å². The van der Waals surface area contributed by atoms with Crippen LogP contribution >= 0.6 is 0 Å². The molecule has 0 aromatic heterocycles. The maximum Gasteiger partial charge on any atom is 0.162 e. The average Bonchev–Trinajstić information content (AvgIpc) is 2.31. The number of Topliss-reactive ketones (excluding diaryl/α,β-unsaturated/α-hetero) is 1. The van der Waals surface area contributed by atoms with E-state index in [2.05, 4.69) is 20.4 Å². The van der Waals surface area contributed by atoms with Gasteiger partial charge in [-0.3, -0.25) is 4.79 Å². The normalized spacial score (nSPS) is 39.9. The molecule has 2 aliphatic carbocycles. The van der Waals surface area contributed by atoms with Crippen LogP contribution in [0.15, 0.2) is 23.8 Å². The average molecular weight is 250 g/mol. The lowest BCUT2D eigenvalue weighted by atomic mass is 9.51. The number of fused-ring (bicyclic) bond motifs is 1. The summed E-state index contributed by atoms with van der Waals surface area (Å²) in [4.78, 5) is 12.0. The Kier molecular flexibility index (Phi) is 3.24. The lowest BCUT2D eigenvalue weighted by molar-refractivity contribution is -0.126. The van der Waals surface area contributed by atoms with Crippen LogP contribution in [0.5, 0.6) is 0 Å². The summed E-state index contributed by atoms with van der Waals surface area (Å²) >= 11 is 0. The SMILES string of the molecule is C=C1C(=O)CC=C(C)C(O)C(O)C2C1CC2(C)C. The van der Waals surface area contributed by atoms with Crippen molar-refractivity contribution in [1.82, 2.24) is 0 Å². The molecule has 1 fully saturated rings. The van der Waals surface area contributed by atoms with E-state index in [1.165, 1.54) is 0 Å². The third-order valence-corrected chi connectivity index (χ3v) is 4.66. The maximum atomic E-state index is 12.0. The zero-order valence-electron chi connectivity index (χ0n) is 11.3. The molecule has 1 saturated carbocycles. The van der Waals surface area contributed by atoms with Gasteiger partial charge in [-0.1, -0.05) is 26.5 Å². The van der Waals surface area contributed by atoms with Crippen LogP contribution in [0.3, 0.4) is 0 Å². The van der Waals surface area contributed by atoms with Crippen molar-refractivity contribution < 1.29 is 15.0 Å². The van der Waals surface area contributed by atoms with E-state index in [9.17, 15) is 15.0 Å². The lowest BCUT2D eigenvalue weighted by Crippen LogP contribution is -2.54. The number of aliphatic hydroxyl groups excluding tert-OH is 2. The summed E-state index contributed by atoms with van der Waals surface area (Å²) in [6.07, 6.45) is 1.14. The molecule has 18 heavy (non-hydrogen) atoms. The predicted molar refractivity (Wildman–Crippen MR) is 69.9 cm³/mol. The minimum absolute atomic E-state index is 0.0106. The zero-order chi connectivity index (χ0) is 13.7. The van der Waals surface area contributed by atoms with Crippen LogP contribution < -0.4 is 0 Å². The fourth-order valence-corrected chi connectivity index (χ4v) is 3.43. The first-order valence-electron chi connectivity index (χ1n) is 6.50. The van der Waals surface area contributed by atoms with Gasteiger partial charge in [-0.05, 0) is 41.7 Å². The van der Waals surface area contributed by atoms with Gasteiger partial charge in [0.05, 0.1) is 6.10 Å². The Morgan fingerprint density at radius 2 is 2.00 bits per heavy atom. The fraction of sp³-hybridized carbons (Fsp3) is 0.667. The molecule has 0 saturated heterocycles. The summed E-state index contributed by atoms with van der Waals surface area (Å²) in [6.45, 7) is 9.80. The van der Waals surface area contributed by atoms with E-state index in [-0.39, 0.29) is 29.5 Å². The smallest absolute Gasteiger partial charge is 0.162 e. The number of ketones is 1. The Bertz CT molecular complexity index is 419. The van der Waals surface area contributed by atoms with Gasteiger partial charge in [0.2, 0.25) is 0 Å². The first-order chi connectivity index (χ1) is 8.25. The molecule has 3 nitrogen and oxygen atoms in total. The molecule has 0 radical (unpaired) electrons. The molecule has 2 rings (SSSR count). The Labute approximate surface area is 108 Å². The monoisotopic (exact) mass is 250 g/mol. The summed E-state index contributed by atoms with van der Waals surface area (Å²) in [5, 5.41) is 20.5. The van der Waals surface area contributed by atoms with Gasteiger partial charge in [0, 0.05) is 6.42 Å². The van der Waals surface area contributed by atoms with Gasteiger partial charge in [-0.15, -0.1) is 0 Å². The molecular formula is C15H22O3. The van der Waals surface area contributed by atoms with Gasteiger partial charge in [0.25, 0.3) is 0 Å². The number of carbonyl (C=O) groups excluding carboxylic acids is 1. The van der Waals surface area contributed by atoms with Crippen molar-refractivity contribution in [1.29, 1.82) is 0 Å². The Hall–Kier alpha value is -0.930. The van der Waals surface area contributed by atoms with Gasteiger partial charge < -0.3 is 10.2 Å². The Balaban J connectivity index is 2.38. The van der Waals surface area contributed by atoms with Crippen molar-refractivity contribution in [2.75, 3.05) is 0 Å². The fourth-order valence-electron chi connectivity index (χ4n) is 3.43.